The van der Waals surface area contributed by atoms with Crippen LogP contribution in [0.15, 0.2) is 30.3 Å². The van der Waals surface area contributed by atoms with Gasteiger partial charge in [-0.05, 0) is 24.8 Å². The molecule has 138 valence electrons. The highest BCUT2D eigenvalue weighted by atomic mass is 32.2. The SMILES string of the molecule is O=C(O)C1CCCC(C(=O)NCCS(=O)(=O)NCc2ccccc2)C1. The van der Waals surface area contributed by atoms with Crippen molar-refractivity contribution >= 4 is 21.9 Å². The van der Waals surface area contributed by atoms with Crippen molar-refractivity contribution in [2.24, 2.45) is 11.8 Å². The number of aliphatic carboxylic acids is 1. The molecule has 1 amide bonds. The Kier molecular flexibility index (Phi) is 6.95. The van der Waals surface area contributed by atoms with E-state index in [0.717, 1.165) is 5.56 Å². The third-order valence-electron chi connectivity index (χ3n) is 4.40. The molecule has 1 aliphatic carbocycles. The number of carboxylic acids is 1. The summed E-state index contributed by atoms with van der Waals surface area (Å²) < 4.78 is 26.4. The molecule has 0 aliphatic heterocycles. The van der Waals surface area contributed by atoms with E-state index in [1.807, 2.05) is 30.3 Å². The zero-order valence-corrected chi connectivity index (χ0v) is 14.8. The summed E-state index contributed by atoms with van der Waals surface area (Å²) in [7, 11) is -3.49. The van der Waals surface area contributed by atoms with E-state index in [1.54, 1.807) is 0 Å². The highest BCUT2D eigenvalue weighted by Gasteiger charge is 2.30. The first-order valence-corrected chi connectivity index (χ1v) is 10.0. The molecule has 1 fully saturated rings. The molecule has 2 unspecified atom stereocenters. The third kappa shape index (κ3) is 6.47. The fourth-order valence-electron chi connectivity index (χ4n) is 2.97. The Bertz CT molecular complexity index is 690. The maximum Gasteiger partial charge on any atom is 0.306 e. The lowest BCUT2D eigenvalue weighted by molar-refractivity contribution is -0.144. The molecule has 1 aromatic rings. The Morgan fingerprint density at radius 3 is 2.48 bits per heavy atom. The maximum absolute atomic E-state index is 12.1. The molecule has 0 aromatic heterocycles. The first-order chi connectivity index (χ1) is 11.9. The summed E-state index contributed by atoms with van der Waals surface area (Å²) in [6, 6.07) is 9.17. The van der Waals surface area contributed by atoms with Gasteiger partial charge in [-0.2, -0.15) is 0 Å². The Hall–Kier alpha value is -1.93. The fraction of sp³-hybridized carbons (Fsp3) is 0.529. The molecule has 0 spiro atoms. The average molecular weight is 368 g/mol. The van der Waals surface area contributed by atoms with Crippen LogP contribution in [0, 0.1) is 11.8 Å². The second-order valence-corrected chi connectivity index (χ2v) is 8.24. The molecular weight excluding hydrogens is 344 g/mol. The van der Waals surface area contributed by atoms with Crippen LogP contribution in [-0.4, -0.2) is 37.7 Å². The van der Waals surface area contributed by atoms with Crippen LogP contribution >= 0.6 is 0 Å². The predicted octanol–water partition coefficient (Wildman–Crippen LogP) is 1.11. The second kappa shape index (κ2) is 8.96. The molecule has 3 N–H and O–H groups in total. The molecule has 7 nitrogen and oxygen atoms in total. The summed E-state index contributed by atoms with van der Waals surface area (Å²) in [5, 5.41) is 11.7. The van der Waals surface area contributed by atoms with Crippen molar-refractivity contribution in [3.05, 3.63) is 35.9 Å². The number of carboxylic acid groups (broad SMARTS) is 1. The molecule has 1 aromatic carbocycles. The van der Waals surface area contributed by atoms with E-state index in [2.05, 4.69) is 10.0 Å². The minimum absolute atomic E-state index is 0.0111. The summed E-state index contributed by atoms with van der Waals surface area (Å²) in [5.74, 6) is -2.18. The van der Waals surface area contributed by atoms with Gasteiger partial charge in [-0.3, -0.25) is 9.59 Å². The van der Waals surface area contributed by atoms with Gasteiger partial charge in [0, 0.05) is 19.0 Å². The Morgan fingerprint density at radius 2 is 1.80 bits per heavy atom. The van der Waals surface area contributed by atoms with Gasteiger partial charge in [0.1, 0.15) is 0 Å². The number of nitrogens with one attached hydrogen (secondary N) is 2. The van der Waals surface area contributed by atoms with Gasteiger partial charge in [0.25, 0.3) is 0 Å². The minimum Gasteiger partial charge on any atom is -0.481 e. The van der Waals surface area contributed by atoms with Crippen LogP contribution < -0.4 is 10.0 Å². The van der Waals surface area contributed by atoms with Crippen LogP contribution in [0.5, 0.6) is 0 Å². The van der Waals surface area contributed by atoms with Gasteiger partial charge in [-0.25, -0.2) is 13.1 Å². The van der Waals surface area contributed by atoms with E-state index in [9.17, 15) is 18.0 Å². The Labute approximate surface area is 147 Å². The lowest BCUT2D eigenvalue weighted by Crippen LogP contribution is -2.39. The molecule has 25 heavy (non-hydrogen) atoms. The van der Waals surface area contributed by atoms with Crippen molar-refractivity contribution in [3.63, 3.8) is 0 Å². The summed E-state index contributed by atoms with van der Waals surface area (Å²) >= 11 is 0. The molecule has 0 saturated heterocycles. The number of hydrogen-bond acceptors (Lipinski definition) is 4. The van der Waals surface area contributed by atoms with Crippen molar-refractivity contribution in [2.75, 3.05) is 12.3 Å². The number of sulfonamides is 1. The van der Waals surface area contributed by atoms with Crippen LogP contribution in [0.4, 0.5) is 0 Å². The molecule has 0 bridgehead atoms. The van der Waals surface area contributed by atoms with E-state index < -0.39 is 21.9 Å². The molecule has 1 saturated carbocycles. The summed E-state index contributed by atoms with van der Waals surface area (Å²) in [6.07, 6.45) is 2.26. The van der Waals surface area contributed by atoms with Crippen LogP contribution in [0.3, 0.4) is 0 Å². The van der Waals surface area contributed by atoms with Gasteiger partial charge < -0.3 is 10.4 Å². The van der Waals surface area contributed by atoms with Crippen molar-refractivity contribution < 1.29 is 23.1 Å². The monoisotopic (exact) mass is 368 g/mol. The van der Waals surface area contributed by atoms with Crippen LogP contribution in [0.1, 0.15) is 31.2 Å². The number of hydrogen-bond donors (Lipinski definition) is 3. The number of carbonyl (C=O) groups excluding carboxylic acids is 1. The quantitative estimate of drug-likeness (QED) is 0.636. The van der Waals surface area contributed by atoms with Crippen LogP contribution in [-0.2, 0) is 26.2 Å². The van der Waals surface area contributed by atoms with E-state index in [-0.39, 0.29) is 30.7 Å². The molecule has 0 radical (unpaired) electrons. The smallest absolute Gasteiger partial charge is 0.306 e. The van der Waals surface area contributed by atoms with Crippen molar-refractivity contribution in [1.82, 2.24) is 10.0 Å². The summed E-state index contributed by atoms with van der Waals surface area (Å²) in [4.78, 5) is 23.1. The van der Waals surface area contributed by atoms with Crippen molar-refractivity contribution in [2.45, 2.75) is 32.2 Å². The van der Waals surface area contributed by atoms with Gasteiger partial charge in [0.15, 0.2) is 0 Å². The Morgan fingerprint density at radius 1 is 1.12 bits per heavy atom. The predicted molar refractivity (Wildman–Crippen MR) is 93.2 cm³/mol. The number of rotatable bonds is 8. The third-order valence-corrected chi connectivity index (χ3v) is 5.73. The summed E-state index contributed by atoms with van der Waals surface area (Å²) in [6.45, 7) is 0.219. The maximum atomic E-state index is 12.1. The standard InChI is InChI=1S/C17H24N2O5S/c20-16(14-7-4-8-15(11-14)17(21)22)18-9-10-25(23,24)19-12-13-5-2-1-3-6-13/h1-3,5-6,14-15,19H,4,7-12H2,(H,18,20)(H,21,22). The minimum atomic E-state index is -3.49. The number of amides is 1. The molecule has 1 aliphatic rings. The highest BCUT2D eigenvalue weighted by molar-refractivity contribution is 7.89. The molecule has 2 atom stereocenters. The van der Waals surface area contributed by atoms with Crippen LogP contribution in [0.2, 0.25) is 0 Å². The molecule has 2 rings (SSSR count). The largest absolute Gasteiger partial charge is 0.481 e. The van der Waals surface area contributed by atoms with E-state index >= 15 is 0 Å². The topological polar surface area (TPSA) is 113 Å². The van der Waals surface area contributed by atoms with Gasteiger partial charge in [-0.1, -0.05) is 36.8 Å². The van der Waals surface area contributed by atoms with E-state index in [0.29, 0.717) is 25.7 Å². The first kappa shape index (κ1) is 19.4. The first-order valence-electron chi connectivity index (χ1n) is 8.39. The second-order valence-electron chi connectivity index (χ2n) is 6.32. The summed E-state index contributed by atoms with van der Waals surface area (Å²) in [5.41, 5.74) is 0.858. The zero-order valence-electron chi connectivity index (χ0n) is 14.0. The van der Waals surface area contributed by atoms with E-state index in [1.165, 1.54) is 0 Å². The highest BCUT2D eigenvalue weighted by Crippen LogP contribution is 2.29. The number of carbonyl (C=O) groups is 2. The molecular formula is C17H24N2O5S. The normalized spacial score (nSPS) is 20.8. The van der Waals surface area contributed by atoms with Gasteiger partial charge in [-0.15, -0.1) is 0 Å². The van der Waals surface area contributed by atoms with E-state index in [4.69, 9.17) is 5.11 Å². The van der Waals surface area contributed by atoms with Crippen LogP contribution in [0.25, 0.3) is 0 Å². The molecule has 8 heteroatoms. The number of benzene rings is 1. The lowest BCUT2D eigenvalue weighted by atomic mass is 9.81. The lowest BCUT2D eigenvalue weighted by Gasteiger charge is -2.25. The molecule has 0 heterocycles. The van der Waals surface area contributed by atoms with Gasteiger partial charge in [0.2, 0.25) is 15.9 Å². The Balaban J connectivity index is 1.73. The van der Waals surface area contributed by atoms with Gasteiger partial charge >= 0.3 is 5.97 Å². The van der Waals surface area contributed by atoms with Crippen molar-refractivity contribution in [3.8, 4) is 0 Å². The fourth-order valence-corrected chi connectivity index (χ4v) is 3.87. The average Bonchev–Trinajstić information content (AvgIpc) is 2.61. The van der Waals surface area contributed by atoms with Crippen molar-refractivity contribution in [1.29, 1.82) is 0 Å². The zero-order chi connectivity index (χ0) is 18.3. The van der Waals surface area contributed by atoms with Gasteiger partial charge in [0.05, 0.1) is 11.7 Å².